The fourth-order valence-electron chi connectivity index (χ4n) is 2.95. The summed E-state index contributed by atoms with van der Waals surface area (Å²) >= 11 is 1.34. The molecule has 7 heteroatoms. The Morgan fingerprint density at radius 2 is 2.17 bits per heavy atom. The van der Waals surface area contributed by atoms with E-state index in [9.17, 15) is 4.79 Å². The van der Waals surface area contributed by atoms with E-state index in [1.807, 2.05) is 56.6 Å². The van der Waals surface area contributed by atoms with Crippen LogP contribution >= 0.6 is 0 Å². The quantitative estimate of drug-likeness (QED) is 0.611. The zero-order valence-electron chi connectivity index (χ0n) is 16.6. The molecule has 3 rings (SSSR count). The molecule has 0 saturated carbocycles. The van der Waals surface area contributed by atoms with Crippen molar-refractivity contribution in [3.05, 3.63) is 72.0 Å². The first-order valence-corrected chi connectivity index (χ1v) is 11.1. The molecule has 0 radical (unpaired) electrons. The van der Waals surface area contributed by atoms with Gasteiger partial charge in [0.25, 0.3) is 0 Å². The van der Waals surface area contributed by atoms with Crippen molar-refractivity contribution in [2.24, 2.45) is 0 Å². The molecule has 1 aliphatic rings. The topological polar surface area (TPSA) is 65.4 Å². The van der Waals surface area contributed by atoms with Gasteiger partial charge in [0.15, 0.2) is 0 Å². The van der Waals surface area contributed by atoms with Crippen molar-refractivity contribution in [1.82, 2.24) is 14.9 Å². The predicted octanol–water partition coefficient (Wildman–Crippen LogP) is 3.16. The number of amides is 1. The van der Waals surface area contributed by atoms with E-state index >= 15 is 0 Å². The number of fused-ring (bicyclic) bond motifs is 2. The molecular weight excluding hydrogens is 538 g/mol. The summed E-state index contributed by atoms with van der Waals surface area (Å²) in [7, 11) is 0. The average molecular weight is 563 g/mol. The average Bonchev–Trinajstić information content (AvgIpc) is 3.15. The molecule has 0 saturated heterocycles. The van der Waals surface area contributed by atoms with Gasteiger partial charge in [-0.2, -0.15) is 0 Å². The Bertz CT molecular complexity index is 931. The van der Waals surface area contributed by atoms with E-state index in [4.69, 9.17) is 9.47 Å². The van der Waals surface area contributed by atoms with Crippen LogP contribution in [0.4, 0.5) is 0 Å². The monoisotopic (exact) mass is 563 g/mol. The molecule has 2 heterocycles. The van der Waals surface area contributed by atoms with E-state index in [0.29, 0.717) is 24.5 Å². The maximum atomic E-state index is 12.7. The van der Waals surface area contributed by atoms with E-state index in [1.165, 1.54) is 19.4 Å². The molecule has 152 valence electrons. The first kappa shape index (κ1) is 21.4. The molecule has 0 atom stereocenters. The molecular formula is C22H25N3O3W. The van der Waals surface area contributed by atoms with Crippen molar-refractivity contribution >= 4 is 9.81 Å². The first-order valence-electron chi connectivity index (χ1n) is 9.61. The van der Waals surface area contributed by atoms with Crippen molar-refractivity contribution in [1.29, 1.82) is 0 Å². The number of hydrogen-bond acceptors (Lipinski definition) is 4. The van der Waals surface area contributed by atoms with E-state index in [-0.39, 0.29) is 12.0 Å². The number of ether oxygens (including phenoxy) is 2. The van der Waals surface area contributed by atoms with Gasteiger partial charge in [0.05, 0.1) is 0 Å². The number of rotatable bonds is 2. The zero-order valence-corrected chi connectivity index (χ0v) is 19.6. The molecule has 1 N–H and O–H groups in total. The van der Waals surface area contributed by atoms with Crippen LogP contribution in [-0.2, 0) is 37.2 Å². The van der Waals surface area contributed by atoms with Gasteiger partial charge in [0.1, 0.15) is 0 Å². The standard InChI is InChI=1S/C22H25N3O3.W/c1-17(2)28-19-9-8-18-16-27-14-6-12-25-13-11-23-21(25)7-4-3-5-10-24-22(26)20(18)15-19;/h3-5,8-11,13,15,17H,6,12,14,16H2,1-2H3,(H,24,26);. The third-order valence-electron chi connectivity index (χ3n) is 4.25. The number of aromatic nitrogens is 2. The van der Waals surface area contributed by atoms with E-state index in [0.717, 1.165) is 28.3 Å². The number of carbonyl (C=O) groups is 1. The molecule has 0 spiro atoms. The molecule has 6 nitrogen and oxygen atoms in total. The second-order valence-electron chi connectivity index (χ2n) is 6.89. The Kier molecular flexibility index (Phi) is 7.73. The summed E-state index contributed by atoms with van der Waals surface area (Å²) in [6, 6.07) is 5.55. The van der Waals surface area contributed by atoms with E-state index < -0.39 is 0 Å². The third kappa shape index (κ3) is 6.09. The Hall–Kier alpha value is -2.30. The summed E-state index contributed by atoms with van der Waals surface area (Å²) in [5.74, 6) is 1.47. The van der Waals surface area contributed by atoms with Gasteiger partial charge < -0.3 is 0 Å². The molecule has 0 aliphatic carbocycles. The van der Waals surface area contributed by atoms with Gasteiger partial charge >= 0.3 is 168 Å². The molecule has 0 bridgehead atoms. The summed E-state index contributed by atoms with van der Waals surface area (Å²) in [4.78, 5) is 17.2. The molecule has 29 heavy (non-hydrogen) atoms. The van der Waals surface area contributed by atoms with Crippen LogP contribution in [0.3, 0.4) is 0 Å². The SMILES string of the molecule is CC(C)Oc1ccc2c(c1)C(=O)NC=CC=C[C](=[W])c1nccn1CCCOC2. The Balaban J connectivity index is 1.82. The Morgan fingerprint density at radius 3 is 3.00 bits per heavy atom. The molecule has 0 fully saturated rings. The predicted molar refractivity (Wildman–Crippen MR) is 109 cm³/mol. The van der Waals surface area contributed by atoms with Crippen molar-refractivity contribution < 1.29 is 33.6 Å². The Morgan fingerprint density at radius 1 is 1.31 bits per heavy atom. The summed E-state index contributed by atoms with van der Waals surface area (Å²) in [6.07, 6.45) is 12.1. The maximum absolute atomic E-state index is 12.7. The van der Waals surface area contributed by atoms with Crippen molar-refractivity contribution in [3.63, 3.8) is 0 Å². The van der Waals surface area contributed by atoms with Crippen LogP contribution in [0.1, 0.15) is 42.0 Å². The van der Waals surface area contributed by atoms with Gasteiger partial charge in [0, 0.05) is 0 Å². The van der Waals surface area contributed by atoms with Crippen LogP contribution in [-0.4, -0.2) is 32.1 Å². The summed E-state index contributed by atoms with van der Waals surface area (Å²) in [5.41, 5.74) is 1.40. The van der Waals surface area contributed by atoms with Crippen LogP contribution < -0.4 is 10.1 Å². The normalized spacial score (nSPS) is 15.7. The number of nitrogens with one attached hydrogen (secondary N) is 1. The molecule has 1 aliphatic heterocycles. The zero-order chi connectivity index (χ0) is 20.6. The van der Waals surface area contributed by atoms with Crippen LogP contribution in [0.15, 0.2) is 55.0 Å². The summed E-state index contributed by atoms with van der Waals surface area (Å²) in [6.45, 7) is 5.74. The van der Waals surface area contributed by atoms with Gasteiger partial charge in [-0.25, -0.2) is 0 Å². The number of aryl methyl sites for hydroxylation is 1. The minimum absolute atomic E-state index is 0.0401. The molecule has 1 aromatic heterocycles. The van der Waals surface area contributed by atoms with Crippen LogP contribution in [0.25, 0.3) is 0 Å². The minimum atomic E-state index is -0.184. The number of allylic oxidation sites excluding steroid dienone is 3. The molecule has 1 amide bonds. The fourth-order valence-corrected chi connectivity index (χ4v) is 3.84. The van der Waals surface area contributed by atoms with Gasteiger partial charge in [-0.05, 0) is 13.8 Å². The molecule has 0 unspecified atom stereocenters. The van der Waals surface area contributed by atoms with Crippen LogP contribution in [0.2, 0.25) is 0 Å². The van der Waals surface area contributed by atoms with Crippen LogP contribution in [0.5, 0.6) is 5.75 Å². The van der Waals surface area contributed by atoms with Gasteiger partial charge in [-0.3, -0.25) is 0 Å². The second-order valence-corrected chi connectivity index (χ2v) is 8.47. The first-order chi connectivity index (χ1) is 14.0. The van der Waals surface area contributed by atoms with Crippen molar-refractivity contribution in [2.45, 2.75) is 39.5 Å². The third-order valence-corrected chi connectivity index (χ3v) is 5.39. The number of imidazole rings is 1. The molecule has 2 aromatic rings. The van der Waals surface area contributed by atoms with E-state index in [1.54, 1.807) is 12.3 Å². The van der Waals surface area contributed by atoms with Gasteiger partial charge in [-0.15, -0.1) is 0 Å². The van der Waals surface area contributed by atoms with Gasteiger partial charge in [-0.1, -0.05) is 0 Å². The number of hydrogen-bond donors (Lipinski definition) is 1. The van der Waals surface area contributed by atoms with Gasteiger partial charge in [0.2, 0.25) is 0 Å². The Labute approximate surface area is 182 Å². The van der Waals surface area contributed by atoms with Crippen molar-refractivity contribution in [3.8, 4) is 5.75 Å². The number of carbonyl (C=O) groups excluding carboxylic acids is 1. The summed E-state index contributed by atoms with van der Waals surface area (Å²) in [5, 5.41) is 2.83. The van der Waals surface area contributed by atoms with E-state index in [2.05, 4.69) is 14.9 Å². The fraction of sp³-hybridized carbons (Fsp3) is 0.318. The number of benzene rings is 1. The summed E-state index contributed by atoms with van der Waals surface area (Å²) < 4.78 is 14.9. The van der Waals surface area contributed by atoms with Crippen LogP contribution in [0, 0.1) is 0 Å². The number of nitrogens with zero attached hydrogens (tertiary/aromatic N) is 2. The molecule has 1 aromatic carbocycles. The van der Waals surface area contributed by atoms with Crippen molar-refractivity contribution in [2.75, 3.05) is 6.61 Å². The second kappa shape index (κ2) is 10.5.